The van der Waals surface area contributed by atoms with Gasteiger partial charge in [-0.2, -0.15) is 0 Å². The van der Waals surface area contributed by atoms with E-state index in [1.165, 1.54) is 0 Å². The molecule has 0 saturated carbocycles. The fourth-order valence-electron chi connectivity index (χ4n) is 2.07. The summed E-state index contributed by atoms with van der Waals surface area (Å²) in [6, 6.07) is 12.5. The van der Waals surface area contributed by atoms with Crippen LogP contribution in [0.1, 0.15) is 0 Å². The summed E-state index contributed by atoms with van der Waals surface area (Å²) in [5.74, 6) is 0. The van der Waals surface area contributed by atoms with Crippen LogP contribution in [0.5, 0.6) is 0 Å². The quantitative estimate of drug-likeness (QED) is 0.799. The molecule has 2 radical (unpaired) electrons. The van der Waals surface area contributed by atoms with Crippen LogP contribution in [-0.2, 0) is 0 Å². The predicted octanol–water partition coefficient (Wildman–Crippen LogP) is 3.04. The van der Waals surface area contributed by atoms with Crippen LogP contribution in [0.25, 0.3) is 11.1 Å². The number of hydrogen-bond acceptors (Lipinski definition) is 2. The minimum absolute atomic E-state index is 0.787. The molecule has 0 fully saturated rings. The topological polar surface area (TPSA) is 6.48 Å². The third kappa shape index (κ3) is 3.01. The molecule has 20 heavy (non-hydrogen) atoms. The highest BCUT2D eigenvalue weighted by atomic mass is 79.9. The highest BCUT2D eigenvalue weighted by Crippen LogP contribution is 2.31. The van der Waals surface area contributed by atoms with Gasteiger partial charge in [-0.15, -0.1) is 0 Å². The van der Waals surface area contributed by atoms with E-state index in [9.17, 15) is 0 Å². The van der Waals surface area contributed by atoms with Crippen molar-refractivity contribution in [1.82, 2.24) is 0 Å². The van der Waals surface area contributed by atoms with Gasteiger partial charge in [0.05, 0.1) is 0 Å². The highest BCUT2D eigenvalue weighted by molar-refractivity contribution is 9.10. The van der Waals surface area contributed by atoms with Gasteiger partial charge < -0.3 is 9.80 Å². The van der Waals surface area contributed by atoms with E-state index in [-0.39, 0.29) is 0 Å². The van der Waals surface area contributed by atoms with Crippen LogP contribution in [0.3, 0.4) is 0 Å². The van der Waals surface area contributed by atoms with Crippen LogP contribution in [0.4, 0.5) is 11.4 Å². The van der Waals surface area contributed by atoms with E-state index < -0.39 is 0 Å². The number of rotatable bonds is 3. The van der Waals surface area contributed by atoms with E-state index in [2.05, 4.69) is 51.2 Å². The second-order valence-corrected chi connectivity index (χ2v) is 6.08. The van der Waals surface area contributed by atoms with Crippen molar-refractivity contribution in [2.45, 2.75) is 0 Å². The molecule has 2 aromatic rings. The minimum atomic E-state index is 0.787. The molecule has 0 bridgehead atoms. The standard InChI is InChI=1S/C16H18BBrN2/c1-19(2)11-5-7-13(15(17)9-11)14-8-6-12(20(3)4)10-16(14)18/h5-10H,1-4H3. The van der Waals surface area contributed by atoms with E-state index in [1.54, 1.807) is 0 Å². The van der Waals surface area contributed by atoms with Crippen molar-refractivity contribution in [1.29, 1.82) is 0 Å². The lowest BCUT2D eigenvalue weighted by Gasteiger charge is -2.18. The van der Waals surface area contributed by atoms with Crippen LogP contribution in [0, 0.1) is 0 Å². The molecule has 0 aliphatic rings. The Hall–Kier alpha value is -1.42. The average Bonchev–Trinajstić information content (AvgIpc) is 2.38. The third-order valence-corrected chi connectivity index (χ3v) is 3.97. The van der Waals surface area contributed by atoms with Crippen LogP contribution < -0.4 is 15.3 Å². The van der Waals surface area contributed by atoms with Crippen LogP contribution in [0.2, 0.25) is 0 Å². The molecule has 2 aromatic carbocycles. The van der Waals surface area contributed by atoms with Crippen molar-refractivity contribution >= 4 is 40.6 Å². The van der Waals surface area contributed by atoms with Gasteiger partial charge in [0.2, 0.25) is 0 Å². The lowest BCUT2D eigenvalue weighted by Crippen LogP contribution is -2.14. The molecule has 0 unspecified atom stereocenters. The number of anilines is 2. The molecule has 0 spiro atoms. The number of hydrogen-bond donors (Lipinski definition) is 0. The maximum Gasteiger partial charge on any atom is 0.114 e. The smallest absolute Gasteiger partial charge is 0.114 e. The van der Waals surface area contributed by atoms with E-state index in [1.807, 2.05) is 39.2 Å². The maximum absolute atomic E-state index is 6.20. The van der Waals surface area contributed by atoms with Gasteiger partial charge in [0.1, 0.15) is 7.85 Å². The molecule has 0 amide bonds. The summed E-state index contributed by atoms with van der Waals surface area (Å²) in [6.07, 6.45) is 0. The third-order valence-electron chi connectivity index (χ3n) is 3.31. The molecular formula is C16H18BBrN2. The van der Waals surface area contributed by atoms with E-state index >= 15 is 0 Å². The predicted molar refractivity (Wildman–Crippen MR) is 93.6 cm³/mol. The number of halogens is 1. The average molecular weight is 329 g/mol. The van der Waals surface area contributed by atoms with Crippen LogP contribution in [-0.4, -0.2) is 36.0 Å². The Morgan fingerprint density at radius 3 is 1.75 bits per heavy atom. The monoisotopic (exact) mass is 328 g/mol. The lowest BCUT2D eigenvalue weighted by molar-refractivity contribution is 1.13. The molecule has 0 aliphatic carbocycles. The Kier molecular flexibility index (Phi) is 4.43. The van der Waals surface area contributed by atoms with Crippen molar-refractivity contribution in [2.75, 3.05) is 38.0 Å². The molecule has 2 nitrogen and oxygen atoms in total. The molecule has 4 heteroatoms. The van der Waals surface area contributed by atoms with E-state index in [0.29, 0.717) is 0 Å². The van der Waals surface area contributed by atoms with Gasteiger partial charge in [-0.3, -0.25) is 0 Å². The summed E-state index contributed by atoms with van der Waals surface area (Å²) >= 11 is 3.64. The SMILES string of the molecule is [B]c1cc(N(C)C)ccc1-c1ccc(N(C)C)cc1Br. The molecule has 0 heterocycles. The molecule has 0 aromatic heterocycles. The van der Waals surface area contributed by atoms with Gasteiger partial charge in [0, 0.05) is 44.0 Å². The van der Waals surface area contributed by atoms with Gasteiger partial charge >= 0.3 is 0 Å². The zero-order chi connectivity index (χ0) is 14.9. The summed E-state index contributed by atoms with van der Waals surface area (Å²) in [5, 5.41) is 0. The van der Waals surface area contributed by atoms with E-state index in [4.69, 9.17) is 7.85 Å². The number of benzene rings is 2. The normalized spacial score (nSPS) is 10.4. The van der Waals surface area contributed by atoms with Crippen molar-refractivity contribution in [3.05, 3.63) is 40.9 Å². The molecule has 2 rings (SSSR count). The largest absolute Gasteiger partial charge is 0.378 e. The summed E-state index contributed by atoms with van der Waals surface area (Å²) in [5.41, 5.74) is 5.21. The Morgan fingerprint density at radius 2 is 1.30 bits per heavy atom. The van der Waals surface area contributed by atoms with Gasteiger partial charge in [-0.1, -0.05) is 33.5 Å². The Balaban J connectivity index is 2.46. The van der Waals surface area contributed by atoms with Crippen molar-refractivity contribution in [2.24, 2.45) is 0 Å². The maximum atomic E-state index is 6.20. The number of nitrogens with zero attached hydrogens (tertiary/aromatic N) is 2. The fourth-order valence-corrected chi connectivity index (χ4v) is 2.65. The Bertz CT molecular complexity index is 568. The van der Waals surface area contributed by atoms with Gasteiger partial charge in [0.25, 0.3) is 0 Å². The molecule has 0 atom stereocenters. The summed E-state index contributed by atoms with van der Waals surface area (Å²) in [4.78, 5) is 4.12. The summed E-state index contributed by atoms with van der Waals surface area (Å²) in [6.45, 7) is 0. The molecule has 102 valence electrons. The van der Waals surface area contributed by atoms with Crippen molar-refractivity contribution < 1.29 is 0 Å². The molecule has 0 N–H and O–H groups in total. The molecule has 0 aliphatic heterocycles. The Morgan fingerprint density at radius 1 is 0.800 bits per heavy atom. The highest BCUT2D eigenvalue weighted by Gasteiger charge is 2.08. The van der Waals surface area contributed by atoms with Gasteiger partial charge in [0.15, 0.2) is 0 Å². The zero-order valence-corrected chi connectivity index (χ0v) is 13.9. The van der Waals surface area contributed by atoms with Gasteiger partial charge in [-0.25, -0.2) is 0 Å². The first-order valence-electron chi connectivity index (χ1n) is 6.44. The second-order valence-electron chi connectivity index (χ2n) is 5.22. The van der Waals surface area contributed by atoms with Crippen LogP contribution in [0.15, 0.2) is 40.9 Å². The van der Waals surface area contributed by atoms with Gasteiger partial charge in [-0.05, 0) is 35.4 Å². The van der Waals surface area contributed by atoms with Crippen molar-refractivity contribution in [3.8, 4) is 11.1 Å². The van der Waals surface area contributed by atoms with Crippen LogP contribution >= 0.6 is 15.9 Å². The van der Waals surface area contributed by atoms with Crippen molar-refractivity contribution in [3.63, 3.8) is 0 Å². The first-order valence-corrected chi connectivity index (χ1v) is 7.23. The summed E-state index contributed by atoms with van der Waals surface area (Å²) < 4.78 is 1.05. The molecular weight excluding hydrogens is 311 g/mol. The lowest BCUT2D eigenvalue weighted by atomic mass is 9.86. The molecule has 0 saturated heterocycles. The van der Waals surface area contributed by atoms with E-state index in [0.717, 1.165) is 32.4 Å². The fraction of sp³-hybridized carbons (Fsp3) is 0.250. The Labute approximate surface area is 130 Å². The first kappa shape index (κ1) is 15.0. The first-order chi connectivity index (χ1) is 9.40. The minimum Gasteiger partial charge on any atom is -0.378 e. The second kappa shape index (κ2) is 5.92. The zero-order valence-electron chi connectivity index (χ0n) is 12.3. The summed E-state index contributed by atoms with van der Waals surface area (Å²) in [7, 11) is 14.3.